The maximum atomic E-state index is 13.4. The molecule has 1 aromatic heterocycles. The summed E-state index contributed by atoms with van der Waals surface area (Å²) in [7, 11) is 0. The van der Waals surface area contributed by atoms with Crippen LogP contribution in [0.2, 0.25) is 5.15 Å². The van der Waals surface area contributed by atoms with E-state index in [-0.39, 0.29) is 16.2 Å². The molecule has 0 fully saturated rings. The highest BCUT2D eigenvalue weighted by molar-refractivity contribution is 6.32. The second-order valence-corrected chi connectivity index (χ2v) is 3.75. The molecule has 16 heavy (non-hydrogen) atoms. The van der Waals surface area contributed by atoms with E-state index in [1.165, 1.54) is 12.1 Å². The molecule has 0 unspecified atom stereocenters. The van der Waals surface area contributed by atoms with Gasteiger partial charge in [-0.1, -0.05) is 17.7 Å². The zero-order valence-corrected chi connectivity index (χ0v) is 9.05. The Hall–Kier alpha value is -1.68. The van der Waals surface area contributed by atoms with Gasteiger partial charge in [-0.15, -0.1) is 0 Å². The monoisotopic (exact) mass is 239 g/mol. The van der Waals surface area contributed by atoms with Crippen molar-refractivity contribution in [2.45, 2.75) is 6.92 Å². The summed E-state index contributed by atoms with van der Waals surface area (Å²) >= 11 is 5.66. The molecule has 1 heterocycles. The van der Waals surface area contributed by atoms with Crippen LogP contribution < -0.4 is 0 Å². The number of benzene rings is 1. The quantitative estimate of drug-likeness (QED) is 0.778. The number of hydrogen-bond acceptors (Lipinski definition) is 2. The van der Waals surface area contributed by atoms with Gasteiger partial charge in [-0.2, -0.15) is 0 Å². The minimum absolute atomic E-state index is 0.0926. The third kappa shape index (κ3) is 1.61. The Morgan fingerprint density at radius 3 is 2.81 bits per heavy atom. The van der Waals surface area contributed by atoms with E-state index in [1.54, 1.807) is 13.0 Å². The number of aryl methyl sites for hydroxylation is 1. The Morgan fingerprint density at radius 2 is 2.19 bits per heavy atom. The minimum Gasteiger partial charge on any atom is -0.478 e. The van der Waals surface area contributed by atoms with E-state index in [9.17, 15) is 9.18 Å². The third-order valence-electron chi connectivity index (χ3n) is 2.34. The van der Waals surface area contributed by atoms with Gasteiger partial charge in [-0.25, -0.2) is 14.2 Å². The second-order valence-electron chi connectivity index (χ2n) is 3.39. The SMILES string of the molecule is Cc1ccc(F)c2nc(Cl)c(C(=O)O)cc12. The molecule has 0 amide bonds. The lowest BCUT2D eigenvalue weighted by molar-refractivity contribution is 0.0697. The van der Waals surface area contributed by atoms with Gasteiger partial charge < -0.3 is 5.11 Å². The van der Waals surface area contributed by atoms with E-state index in [0.717, 1.165) is 5.56 Å². The average molecular weight is 240 g/mol. The van der Waals surface area contributed by atoms with Crippen molar-refractivity contribution in [1.82, 2.24) is 4.98 Å². The summed E-state index contributed by atoms with van der Waals surface area (Å²) in [6.45, 7) is 1.75. The number of pyridine rings is 1. The van der Waals surface area contributed by atoms with E-state index in [0.29, 0.717) is 5.39 Å². The van der Waals surface area contributed by atoms with Crippen LogP contribution in [0.25, 0.3) is 10.9 Å². The highest BCUT2D eigenvalue weighted by Crippen LogP contribution is 2.25. The summed E-state index contributed by atoms with van der Waals surface area (Å²) in [6, 6.07) is 4.19. The largest absolute Gasteiger partial charge is 0.478 e. The number of fused-ring (bicyclic) bond motifs is 1. The zero-order valence-electron chi connectivity index (χ0n) is 8.29. The minimum atomic E-state index is -1.18. The van der Waals surface area contributed by atoms with Crippen molar-refractivity contribution in [3.05, 3.63) is 40.3 Å². The first-order valence-corrected chi connectivity index (χ1v) is 4.87. The van der Waals surface area contributed by atoms with Crippen molar-refractivity contribution in [2.75, 3.05) is 0 Å². The van der Waals surface area contributed by atoms with Crippen molar-refractivity contribution >= 4 is 28.5 Å². The normalized spacial score (nSPS) is 10.7. The summed E-state index contributed by atoms with van der Waals surface area (Å²) in [5, 5.41) is 9.12. The van der Waals surface area contributed by atoms with Crippen LogP contribution in [0.1, 0.15) is 15.9 Å². The number of aromatic nitrogens is 1. The predicted octanol–water partition coefficient (Wildman–Crippen LogP) is 3.03. The Balaban J connectivity index is 2.89. The van der Waals surface area contributed by atoms with Crippen molar-refractivity contribution < 1.29 is 14.3 Å². The van der Waals surface area contributed by atoms with E-state index in [2.05, 4.69) is 4.98 Å². The molecule has 1 aromatic carbocycles. The lowest BCUT2D eigenvalue weighted by Crippen LogP contribution is -2.00. The van der Waals surface area contributed by atoms with Crippen molar-refractivity contribution in [3.63, 3.8) is 0 Å². The van der Waals surface area contributed by atoms with Crippen LogP contribution >= 0.6 is 11.6 Å². The molecule has 1 N–H and O–H groups in total. The van der Waals surface area contributed by atoms with Crippen LogP contribution in [-0.4, -0.2) is 16.1 Å². The summed E-state index contributed by atoms with van der Waals surface area (Å²) in [4.78, 5) is 14.6. The molecule has 0 atom stereocenters. The van der Waals surface area contributed by atoms with Crippen molar-refractivity contribution in [1.29, 1.82) is 0 Å². The van der Waals surface area contributed by atoms with Crippen molar-refractivity contribution in [3.8, 4) is 0 Å². The molecule has 82 valence electrons. The Labute approximate surface area is 95.5 Å². The molecule has 3 nitrogen and oxygen atoms in total. The second kappa shape index (κ2) is 3.72. The zero-order chi connectivity index (χ0) is 11.9. The number of hydrogen-bond donors (Lipinski definition) is 1. The molecular formula is C11H7ClFNO2. The Kier molecular flexibility index (Phi) is 2.52. The lowest BCUT2D eigenvalue weighted by Gasteiger charge is -2.05. The molecule has 5 heteroatoms. The number of carboxylic acids is 1. The van der Waals surface area contributed by atoms with E-state index in [4.69, 9.17) is 16.7 Å². The smallest absolute Gasteiger partial charge is 0.338 e. The van der Waals surface area contributed by atoms with Crippen LogP contribution in [-0.2, 0) is 0 Å². The van der Waals surface area contributed by atoms with Gasteiger partial charge in [-0.3, -0.25) is 0 Å². The summed E-state index contributed by atoms with van der Waals surface area (Å²) in [5.74, 6) is -1.69. The third-order valence-corrected chi connectivity index (χ3v) is 2.63. The van der Waals surface area contributed by atoms with Gasteiger partial charge >= 0.3 is 5.97 Å². The first kappa shape index (κ1) is 10.8. The maximum absolute atomic E-state index is 13.4. The van der Waals surface area contributed by atoms with Gasteiger partial charge in [0.05, 0.1) is 5.56 Å². The number of aromatic carboxylic acids is 1. The van der Waals surface area contributed by atoms with Crippen LogP contribution in [0.4, 0.5) is 4.39 Å². The van der Waals surface area contributed by atoms with E-state index < -0.39 is 11.8 Å². The molecule has 0 aliphatic rings. The molecule has 2 aromatic rings. The summed E-state index contributed by atoms with van der Waals surface area (Å²) in [5.41, 5.74) is 0.723. The molecule has 0 saturated carbocycles. The van der Waals surface area contributed by atoms with Gasteiger partial charge in [0.2, 0.25) is 0 Å². The average Bonchev–Trinajstić information content (AvgIpc) is 2.23. The number of carbonyl (C=O) groups is 1. The summed E-state index contributed by atoms with van der Waals surface area (Å²) < 4.78 is 13.4. The fraction of sp³-hybridized carbons (Fsp3) is 0.0909. The maximum Gasteiger partial charge on any atom is 0.338 e. The number of rotatable bonds is 1. The van der Waals surface area contributed by atoms with Crippen LogP contribution in [0.15, 0.2) is 18.2 Å². The molecular weight excluding hydrogens is 233 g/mol. The fourth-order valence-electron chi connectivity index (χ4n) is 1.49. The molecule has 0 saturated heterocycles. The first-order chi connectivity index (χ1) is 7.50. The molecule has 0 bridgehead atoms. The molecule has 2 rings (SSSR count). The molecule has 0 aliphatic heterocycles. The van der Waals surface area contributed by atoms with Gasteiger partial charge in [0.15, 0.2) is 0 Å². The van der Waals surface area contributed by atoms with E-state index >= 15 is 0 Å². The van der Waals surface area contributed by atoms with Gasteiger partial charge in [-0.05, 0) is 24.6 Å². The van der Waals surface area contributed by atoms with Crippen LogP contribution in [0.5, 0.6) is 0 Å². The lowest BCUT2D eigenvalue weighted by atomic mass is 10.1. The van der Waals surface area contributed by atoms with Crippen molar-refractivity contribution in [2.24, 2.45) is 0 Å². The number of halogens is 2. The van der Waals surface area contributed by atoms with Gasteiger partial charge in [0, 0.05) is 5.39 Å². The highest BCUT2D eigenvalue weighted by atomic mass is 35.5. The Morgan fingerprint density at radius 1 is 1.50 bits per heavy atom. The van der Waals surface area contributed by atoms with Gasteiger partial charge in [0.25, 0.3) is 0 Å². The Bertz CT molecular complexity index is 598. The fourth-order valence-corrected chi connectivity index (χ4v) is 1.71. The standard InChI is InChI=1S/C11H7ClFNO2/c1-5-2-3-8(13)9-6(5)4-7(11(15)16)10(12)14-9/h2-4H,1H3,(H,15,16). The number of carboxylic acid groups (broad SMARTS) is 1. The number of nitrogens with zero attached hydrogens (tertiary/aromatic N) is 1. The predicted molar refractivity (Wildman–Crippen MR) is 58.4 cm³/mol. The molecule has 0 aliphatic carbocycles. The van der Waals surface area contributed by atoms with E-state index in [1.807, 2.05) is 0 Å². The first-order valence-electron chi connectivity index (χ1n) is 4.49. The van der Waals surface area contributed by atoms with Gasteiger partial charge in [0.1, 0.15) is 16.5 Å². The topological polar surface area (TPSA) is 50.2 Å². The van der Waals surface area contributed by atoms with Crippen LogP contribution in [0, 0.1) is 12.7 Å². The van der Waals surface area contributed by atoms with Crippen LogP contribution in [0.3, 0.4) is 0 Å². The highest BCUT2D eigenvalue weighted by Gasteiger charge is 2.14. The molecule has 0 radical (unpaired) electrons. The molecule has 0 spiro atoms. The summed E-state index contributed by atoms with van der Waals surface area (Å²) in [6.07, 6.45) is 0.